The minimum Gasteiger partial charge on any atom is -0.343 e. The molecule has 1 N–H and O–H groups in total. The van der Waals surface area contributed by atoms with Crippen molar-refractivity contribution >= 4 is 11.8 Å². The summed E-state index contributed by atoms with van der Waals surface area (Å²) in [4.78, 5) is 27.2. The van der Waals surface area contributed by atoms with Gasteiger partial charge in [0, 0.05) is 51.1 Å². The van der Waals surface area contributed by atoms with Gasteiger partial charge >= 0.3 is 0 Å². The highest BCUT2D eigenvalue weighted by molar-refractivity contribution is 5.78. The van der Waals surface area contributed by atoms with Gasteiger partial charge < -0.3 is 15.1 Å². The van der Waals surface area contributed by atoms with E-state index in [1.807, 2.05) is 23.6 Å². The normalized spacial score (nSPS) is 21.9. The second-order valence-electron chi connectivity index (χ2n) is 6.70. The predicted molar refractivity (Wildman–Crippen MR) is 82.9 cm³/mol. The molecule has 5 nitrogen and oxygen atoms in total. The van der Waals surface area contributed by atoms with Crippen LogP contribution in [0.5, 0.6) is 0 Å². The number of carbonyl (C=O) groups is 2. The standard InChI is InChI=1S/C16H29N3O2/c1-12(2)16(21)19-10-6-15(7-11-19)17-14-4-8-18(9-5-14)13(3)20/h12,14-15,17H,4-11H2,1-3H3. The van der Waals surface area contributed by atoms with Crippen molar-refractivity contribution in [1.82, 2.24) is 15.1 Å². The van der Waals surface area contributed by atoms with Crippen LogP contribution in [-0.4, -0.2) is 59.9 Å². The zero-order valence-corrected chi connectivity index (χ0v) is 13.6. The van der Waals surface area contributed by atoms with Crippen molar-refractivity contribution in [3.63, 3.8) is 0 Å². The molecular formula is C16H29N3O2. The number of amides is 2. The maximum Gasteiger partial charge on any atom is 0.225 e. The zero-order chi connectivity index (χ0) is 15.4. The molecule has 2 aliphatic heterocycles. The van der Waals surface area contributed by atoms with E-state index in [2.05, 4.69) is 5.32 Å². The molecule has 0 aromatic carbocycles. The molecule has 2 amide bonds. The minimum absolute atomic E-state index is 0.102. The van der Waals surface area contributed by atoms with Gasteiger partial charge in [-0.05, 0) is 25.7 Å². The average molecular weight is 295 g/mol. The molecule has 21 heavy (non-hydrogen) atoms. The Bertz CT molecular complexity index is 368. The number of rotatable bonds is 3. The first kappa shape index (κ1) is 16.3. The van der Waals surface area contributed by atoms with E-state index < -0.39 is 0 Å². The summed E-state index contributed by atoms with van der Waals surface area (Å²) < 4.78 is 0. The van der Waals surface area contributed by atoms with Gasteiger partial charge in [0.2, 0.25) is 11.8 Å². The molecule has 2 fully saturated rings. The van der Waals surface area contributed by atoms with Crippen molar-refractivity contribution in [3.8, 4) is 0 Å². The Morgan fingerprint density at radius 1 is 0.905 bits per heavy atom. The van der Waals surface area contributed by atoms with E-state index in [-0.39, 0.29) is 17.7 Å². The summed E-state index contributed by atoms with van der Waals surface area (Å²) in [5.74, 6) is 0.572. The fourth-order valence-electron chi connectivity index (χ4n) is 3.33. The van der Waals surface area contributed by atoms with Crippen molar-refractivity contribution in [1.29, 1.82) is 0 Å². The van der Waals surface area contributed by atoms with Gasteiger partial charge in [0.15, 0.2) is 0 Å². The van der Waals surface area contributed by atoms with E-state index in [9.17, 15) is 9.59 Å². The molecule has 5 heteroatoms. The molecule has 2 saturated heterocycles. The van der Waals surface area contributed by atoms with Gasteiger partial charge in [0.1, 0.15) is 0 Å². The van der Waals surface area contributed by atoms with Crippen LogP contribution in [0.15, 0.2) is 0 Å². The summed E-state index contributed by atoms with van der Waals surface area (Å²) in [6.45, 7) is 9.08. The van der Waals surface area contributed by atoms with Crippen LogP contribution in [-0.2, 0) is 9.59 Å². The maximum atomic E-state index is 12.0. The van der Waals surface area contributed by atoms with Gasteiger partial charge in [-0.15, -0.1) is 0 Å². The number of likely N-dealkylation sites (tertiary alicyclic amines) is 2. The number of hydrogen-bond donors (Lipinski definition) is 1. The van der Waals surface area contributed by atoms with Crippen LogP contribution < -0.4 is 5.32 Å². The Labute approximate surface area is 128 Å². The first-order valence-electron chi connectivity index (χ1n) is 8.27. The number of hydrogen-bond acceptors (Lipinski definition) is 3. The number of piperidine rings is 2. The van der Waals surface area contributed by atoms with Gasteiger partial charge in [-0.1, -0.05) is 13.8 Å². The summed E-state index contributed by atoms with van der Waals surface area (Å²) in [5.41, 5.74) is 0. The maximum absolute atomic E-state index is 12.0. The van der Waals surface area contributed by atoms with Crippen LogP contribution in [0.25, 0.3) is 0 Å². The zero-order valence-electron chi connectivity index (χ0n) is 13.6. The van der Waals surface area contributed by atoms with Crippen molar-refractivity contribution in [3.05, 3.63) is 0 Å². The van der Waals surface area contributed by atoms with Crippen LogP contribution in [0.3, 0.4) is 0 Å². The summed E-state index contributed by atoms with van der Waals surface area (Å²) in [6.07, 6.45) is 4.19. The van der Waals surface area contributed by atoms with Crippen molar-refractivity contribution in [2.75, 3.05) is 26.2 Å². The third-order valence-corrected chi connectivity index (χ3v) is 4.71. The topological polar surface area (TPSA) is 52.7 Å². The molecule has 120 valence electrons. The van der Waals surface area contributed by atoms with Crippen LogP contribution in [0.4, 0.5) is 0 Å². The summed E-state index contributed by atoms with van der Waals surface area (Å²) in [5, 5.41) is 3.73. The van der Waals surface area contributed by atoms with Gasteiger partial charge in [-0.3, -0.25) is 9.59 Å². The highest BCUT2D eigenvalue weighted by atomic mass is 16.2. The fourth-order valence-corrected chi connectivity index (χ4v) is 3.33. The fraction of sp³-hybridized carbons (Fsp3) is 0.875. The molecule has 0 aliphatic carbocycles. The Kier molecular flexibility index (Phi) is 5.62. The molecule has 2 rings (SSSR count). The van der Waals surface area contributed by atoms with E-state index in [0.717, 1.165) is 51.9 Å². The van der Waals surface area contributed by atoms with Crippen molar-refractivity contribution in [2.24, 2.45) is 5.92 Å². The van der Waals surface area contributed by atoms with Crippen LogP contribution in [0.1, 0.15) is 46.5 Å². The van der Waals surface area contributed by atoms with E-state index in [1.54, 1.807) is 6.92 Å². The molecule has 0 aromatic rings. The van der Waals surface area contributed by atoms with E-state index in [0.29, 0.717) is 12.1 Å². The largest absolute Gasteiger partial charge is 0.343 e. The van der Waals surface area contributed by atoms with Crippen LogP contribution >= 0.6 is 0 Å². The molecule has 2 heterocycles. The lowest BCUT2D eigenvalue weighted by molar-refractivity contribution is -0.135. The first-order valence-corrected chi connectivity index (χ1v) is 8.27. The minimum atomic E-state index is 0.102. The van der Waals surface area contributed by atoms with E-state index in [4.69, 9.17) is 0 Å². The van der Waals surface area contributed by atoms with E-state index in [1.165, 1.54) is 0 Å². The lowest BCUT2D eigenvalue weighted by atomic mass is 9.99. The van der Waals surface area contributed by atoms with Crippen molar-refractivity contribution < 1.29 is 9.59 Å². The second kappa shape index (κ2) is 7.25. The van der Waals surface area contributed by atoms with Gasteiger partial charge in [-0.25, -0.2) is 0 Å². The molecule has 0 bridgehead atoms. The molecular weight excluding hydrogens is 266 g/mol. The number of nitrogens with one attached hydrogen (secondary N) is 1. The summed E-state index contributed by atoms with van der Waals surface area (Å²) in [7, 11) is 0. The number of carbonyl (C=O) groups excluding carboxylic acids is 2. The van der Waals surface area contributed by atoms with Gasteiger partial charge in [0.05, 0.1) is 0 Å². The van der Waals surface area contributed by atoms with Crippen LogP contribution in [0, 0.1) is 5.92 Å². The Hall–Kier alpha value is -1.10. The lowest BCUT2D eigenvalue weighted by Gasteiger charge is -2.38. The van der Waals surface area contributed by atoms with E-state index >= 15 is 0 Å². The van der Waals surface area contributed by atoms with Crippen LogP contribution in [0.2, 0.25) is 0 Å². The first-order chi connectivity index (χ1) is 9.97. The smallest absolute Gasteiger partial charge is 0.225 e. The average Bonchev–Trinajstić information content (AvgIpc) is 2.47. The molecule has 0 radical (unpaired) electrons. The molecule has 0 saturated carbocycles. The molecule has 2 aliphatic rings. The Morgan fingerprint density at radius 3 is 1.71 bits per heavy atom. The molecule has 0 spiro atoms. The Morgan fingerprint density at radius 2 is 1.33 bits per heavy atom. The summed E-state index contributed by atoms with van der Waals surface area (Å²) >= 11 is 0. The second-order valence-corrected chi connectivity index (χ2v) is 6.70. The van der Waals surface area contributed by atoms with Crippen molar-refractivity contribution in [2.45, 2.75) is 58.5 Å². The Balaban J connectivity index is 1.70. The molecule has 0 atom stereocenters. The quantitative estimate of drug-likeness (QED) is 0.852. The summed E-state index contributed by atoms with van der Waals surface area (Å²) in [6, 6.07) is 1.05. The third kappa shape index (κ3) is 4.43. The van der Waals surface area contributed by atoms with Gasteiger partial charge in [-0.2, -0.15) is 0 Å². The number of nitrogens with zero attached hydrogens (tertiary/aromatic N) is 2. The molecule has 0 unspecified atom stereocenters. The highest BCUT2D eigenvalue weighted by Gasteiger charge is 2.27. The lowest BCUT2D eigenvalue weighted by Crippen LogP contribution is -2.51. The monoisotopic (exact) mass is 295 g/mol. The van der Waals surface area contributed by atoms with Gasteiger partial charge in [0.25, 0.3) is 0 Å². The highest BCUT2D eigenvalue weighted by Crippen LogP contribution is 2.17. The SMILES string of the molecule is CC(=O)N1CCC(NC2CCN(C(=O)C(C)C)CC2)CC1. The third-order valence-electron chi connectivity index (χ3n) is 4.71. The predicted octanol–water partition coefficient (Wildman–Crippen LogP) is 1.23. The molecule has 0 aromatic heterocycles.